The third-order valence-corrected chi connectivity index (χ3v) is 5.56. The standard InChI is InChI=1S/C20H22N6O/c1-14-6-7-19-20(17(22-13-27)11-24-26(14)19)16-10-23-25(12-16)18(8-9-21)15-4-2-3-5-15/h6-7,10-13,15,18H,2-5,8H2,1H3,(H,22,27). The molecule has 1 aliphatic carbocycles. The minimum absolute atomic E-state index is 0.0973. The number of carbonyl (C=O) groups excluding carboxylic acids is 1. The molecule has 0 aliphatic heterocycles. The van der Waals surface area contributed by atoms with Gasteiger partial charge in [-0.2, -0.15) is 15.5 Å². The first kappa shape index (κ1) is 17.3. The summed E-state index contributed by atoms with van der Waals surface area (Å²) in [5, 5.41) is 21.0. The Morgan fingerprint density at radius 1 is 1.33 bits per heavy atom. The van der Waals surface area contributed by atoms with E-state index < -0.39 is 0 Å². The highest BCUT2D eigenvalue weighted by Crippen LogP contribution is 2.38. The summed E-state index contributed by atoms with van der Waals surface area (Å²) < 4.78 is 3.79. The number of aryl methyl sites for hydroxylation is 1. The molecule has 1 atom stereocenters. The highest BCUT2D eigenvalue weighted by molar-refractivity contribution is 5.93. The lowest BCUT2D eigenvalue weighted by Crippen LogP contribution is -2.17. The van der Waals surface area contributed by atoms with Gasteiger partial charge in [-0.3, -0.25) is 9.48 Å². The van der Waals surface area contributed by atoms with Crippen molar-refractivity contribution >= 4 is 17.6 Å². The SMILES string of the molecule is Cc1ccc2c(-c3cnn(C(CC#N)C4CCCC4)c3)c(NC=O)cnn12. The molecular formula is C20H22N6O. The van der Waals surface area contributed by atoms with Crippen molar-refractivity contribution in [2.45, 2.75) is 45.1 Å². The lowest BCUT2D eigenvalue weighted by Gasteiger charge is -2.21. The van der Waals surface area contributed by atoms with Crippen LogP contribution in [0, 0.1) is 24.2 Å². The van der Waals surface area contributed by atoms with Crippen molar-refractivity contribution in [1.82, 2.24) is 19.4 Å². The largest absolute Gasteiger partial charge is 0.327 e. The normalized spacial score (nSPS) is 15.7. The third-order valence-electron chi connectivity index (χ3n) is 5.56. The van der Waals surface area contributed by atoms with Crippen LogP contribution in [0.2, 0.25) is 0 Å². The molecule has 4 rings (SSSR count). The van der Waals surface area contributed by atoms with Crippen molar-refractivity contribution in [2.75, 3.05) is 5.32 Å². The zero-order valence-electron chi connectivity index (χ0n) is 15.3. The summed E-state index contributed by atoms with van der Waals surface area (Å²) in [6.45, 7) is 1.99. The summed E-state index contributed by atoms with van der Waals surface area (Å²) in [5.41, 5.74) is 4.37. The summed E-state index contributed by atoms with van der Waals surface area (Å²) in [7, 11) is 0. The summed E-state index contributed by atoms with van der Waals surface area (Å²) >= 11 is 0. The van der Waals surface area contributed by atoms with E-state index in [0.29, 0.717) is 24.4 Å². The van der Waals surface area contributed by atoms with Gasteiger partial charge in [-0.25, -0.2) is 4.52 Å². The number of carbonyl (C=O) groups is 1. The van der Waals surface area contributed by atoms with Crippen molar-refractivity contribution in [3.8, 4) is 17.2 Å². The molecule has 0 aromatic carbocycles. The quantitative estimate of drug-likeness (QED) is 0.677. The topological polar surface area (TPSA) is 88.0 Å². The molecule has 0 radical (unpaired) electrons. The zero-order valence-corrected chi connectivity index (χ0v) is 15.3. The van der Waals surface area contributed by atoms with Gasteiger partial charge < -0.3 is 5.32 Å². The Labute approximate surface area is 157 Å². The van der Waals surface area contributed by atoms with Crippen LogP contribution in [0.5, 0.6) is 0 Å². The van der Waals surface area contributed by atoms with Gasteiger partial charge in [0.15, 0.2) is 0 Å². The molecule has 0 saturated heterocycles. The van der Waals surface area contributed by atoms with Crippen LogP contribution in [0.1, 0.15) is 43.8 Å². The predicted molar refractivity (Wildman–Crippen MR) is 102 cm³/mol. The number of nitrogens with one attached hydrogen (secondary N) is 1. The van der Waals surface area contributed by atoms with Crippen molar-refractivity contribution in [2.24, 2.45) is 5.92 Å². The Morgan fingerprint density at radius 3 is 2.89 bits per heavy atom. The predicted octanol–water partition coefficient (Wildman–Crippen LogP) is 3.72. The maximum absolute atomic E-state index is 11.1. The molecule has 1 N–H and O–H groups in total. The highest BCUT2D eigenvalue weighted by atomic mass is 16.1. The summed E-state index contributed by atoms with van der Waals surface area (Å²) in [5.74, 6) is 0.498. The number of fused-ring (bicyclic) bond motifs is 1. The molecule has 0 spiro atoms. The molecule has 0 bridgehead atoms. The van der Waals surface area contributed by atoms with E-state index in [0.717, 1.165) is 35.2 Å². The van der Waals surface area contributed by atoms with Gasteiger partial charge >= 0.3 is 0 Å². The Morgan fingerprint density at radius 2 is 2.15 bits per heavy atom. The monoisotopic (exact) mass is 362 g/mol. The molecule has 1 aliphatic rings. The van der Waals surface area contributed by atoms with E-state index in [4.69, 9.17) is 0 Å². The Bertz CT molecular complexity index is 1010. The van der Waals surface area contributed by atoms with Crippen LogP contribution >= 0.6 is 0 Å². The van der Waals surface area contributed by atoms with Crippen LogP contribution in [-0.2, 0) is 4.79 Å². The number of rotatable bonds is 6. The molecule has 1 fully saturated rings. The van der Waals surface area contributed by atoms with E-state index in [1.807, 2.05) is 40.6 Å². The molecule has 27 heavy (non-hydrogen) atoms. The van der Waals surface area contributed by atoms with Crippen molar-refractivity contribution in [3.63, 3.8) is 0 Å². The number of aromatic nitrogens is 4. The van der Waals surface area contributed by atoms with E-state index in [1.54, 1.807) is 6.20 Å². The Kier molecular flexibility index (Phi) is 4.63. The molecule has 7 nitrogen and oxygen atoms in total. The van der Waals surface area contributed by atoms with E-state index >= 15 is 0 Å². The van der Waals surface area contributed by atoms with Gasteiger partial charge in [0.2, 0.25) is 6.41 Å². The van der Waals surface area contributed by atoms with Crippen molar-refractivity contribution in [1.29, 1.82) is 5.26 Å². The number of anilines is 1. The van der Waals surface area contributed by atoms with Gasteiger partial charge in [0.25, 0.3) is 0 Å². The molecule has 1 amide bonds. The fourth-order valence-electron chi connectivity index (χ4n) is 4.23. The zero-order chi connectivity index (χ0) is 18.8. The van der Waals surface area contributed by atoms with Gasteiger partial charge in [-0.05, 0) is 37.8 Å². The first-order valence-electron chi connectivity index (χ1n) is 9.32. The third kappa shape index (κ3) is 3.08. The van der Waals surface area contributed by atoms with Crippen LogP contribution in [0.4, 0.5) is 5.69 Å². The molecule has 1 saturated carbocycles. The minimum atomic E-state index is 0.0973. The second-order valence-electron chi connectivity index (χ2n) is 7.15. The van der Waals surface area contributed by atoms with E-state index in [-0.39, 0.29) is 6.04 Å². The lowest BCUT2D eigenvalue weighted by molar-refractivity contribution is -0.105. The van der Waals surface area contributed by atoms with E-state index in [1.165, 1.54) is 12.8 Å². The average Bonchev–Trinajstić information content (AvgIpc) is 3.42. The second kappa shape index (κ2) is 7.23. The molecule has 3 aromatic heterocycles. The maximum atomic E-state index is 11.1. The van der Waals surface area contributed by atoms with Crippen LogP contribution < -0.4 is 5.32 Å². The summed E-state index contributed by atoms with van der Waals surface area (Å²) in [6, 6.07) is 6.41. The van der Waals surface area contributed by atoms with Crippen LogP contribution in [0.15, 0.2) is 30.7 Å². The van der Waals surface area contributed by atoms with Crippen LogP contribution in [0.3, 0.4) is 0 Å². The number of nitrogens with zero attached hydrogens (tertiary/aromatic N) is 5. The molecule has 3 aromatic rings. The average molecular weight is 362 g/mol. The van der Waals surface area contributed by atoms with E-state index in [2.05, 4.69) is 21.6 Å². The van der Waals surface area contributed by atoms with Crippen molar-refractivity contribution < 1.29 is 4.79 Å². The fourth-order valence-corrected chi connectivity index (χ4v) is 4.23. The first-order chi connectivity index (χ1) is 13.2. The van der Waals surface area contributed by atoms with Gasteiger partial charge in [-0.1, -0.05) is 12.8 Å². The molecule has 138 valence electrons. The number of hydrogen-bond acceptors (Lipinski definition) is 4. The molecule has 7 heteroatoms. The Balaban J connectivity index is 1.79. The fraction of sp³-hybridized carbons (Fsp3) is 0.400. The smallest absolute Gasteiger partial charge is 0.211 e. The van der Waals surface area contributed by atoms with Gasteiger partial charge in [-0.15, -0.1) is 0 Å². The van der Waals surface area contributed by atoms with E-state index in [9.17, 15) is 10.1 Å². The Hall–Kier alpha value is -3.14. The molecular weight excluding hydrogens is 340 g/mol. The highest BCUT2D eigenvalue weighted by Gasteiger charge is 2.27. The lowest BCUT2D eigenvalue weighted by atomic mass is 9.96. The molecule has 1 unspecified atom stereocenters. The second-order valence-corrected chi connectivity index (χ2v) is 7.15. The number of amides is 1. The van der Waals surface area contributed by atoms with Crippen LogP contribution in [0.25, 0.3) is 16.6 Å². The van der Waals surface area contributed by atoms with Crippen molar-refractivity contribution in [3.05, 3.63) is 36.4 Å². The molecule has 3 heterocycles. The number of nitriles is 1. The van der Waals surface area contributed by atoms with Gasteiger partial charge in [0.1, 0.15) is 0 Å². The first-order valence-corrected chi connectivity index (χ1v) is 9.32. The van der Waals surface area contributed by atoms with Crippen LogP contribution in [-0.4, -0.2) is 25.8 Å². The van der Waals surface area contributed by atoms with Gasteiger partial charge in [0, 0.05) is 23.0 Å². The summed E-state index contributed by atoms with van der Waals surface area (Å²) in [4.78, 5) is 11.1. The van der Waals surface area contributed by atoms with Gasteiger partial charge in [0.05, 0.1) is 42.1 Å². The maximum Gasteiger partial charge on any atom is 0.211 e. The summed E-state index contributed by atoms with van der Waals surface area (Å²) in [6.07, 6.45) is 11.3. The minimum Gasteiger partial charge on any atom is -0.327 e. The number of hydrogen-bond donors (Lipinski definition) is 1.